The molecule has 0 N–H and O–H groups in total. The van der Waals surface area contributed by atoms with Gasteiger partial charge in [-0.1, -0.05) is 20.8 Å². The molecule has 0 saturated carbocycles. The van der Waals surface area contributed by atoms with E-state index < -0.39 is 11.2 Å². The third-order valence-corrected chi connectivity index (χ3v) is 5.71. The molecule has 1 amide bonds. The first kappa shape index (κ1) is 20.6. The normalized spacial score (nSPS) is 25.2. The van der Waals surface area contributed by atoms with E-state index in [1.165, 1.54) is 11.8 Å². The second kappa shape index (κ2) is 7.01. The molecule has 0 aliphatic carbocycles. The number of aromatic nitrogens is 2. The SMILES string of the molecule is CSc1nc(C(C)(C)C)nc(C)c1C(=O)N1CC(C)(C)OC2(CCOC2)C1. The van der Waals surface area contributed by atoms with Gasteiger partial charge in [0.25, 0.3) is 5.91 Å². The number of ether oxygens (including phenoxy) is 2. The van der Waals surface area contributed by atoms with Crippen molar-refractivity contribution in [2.45, 2.75) is 69.6 Å². The van der Waals surface area contributed by atoms with Crippen molar-refractivity contribution in [2.75, 3.05) is 32.6 Å². The molecule has 3 heterocycles. The van der Waals surface area contributed by atoms with Crippen LogP contribution in [0, 0.1) is 6.92 Å². The minimum atomic E-state index is -0.415. The van der Waals surface area contributed by atoms with Gasteiger partial charge in [-0.3, -0.25) is 4.79 Å². The molecule has 3 rings (SSSR count). The van der Waals surface area contributed by atoms with Gasteiger partial charge < -0.3 is 14.4 Å². The van der Waals surface area contributed by atoms with Crippen molar-refractivity contribution in [2.24, 2.45) is 0 Å². The molecule has 0 bridgehead atoms. The zero-order valence-electron chi connectivity index (χ0n) is 17.5. The lowest BCUT2D eigenvalue weighted by Gasteiger charge is -2.48. The van der Waals surface area contributed by atoms with Crippen molar-refractivity contribution in [1.29, 1.82) is 0 Å². The zero-order chi connectivity index (χ0) is 20.0. The Hall–Kier alpha value is -1.18. The summed E-state index contributed by atoms with van der Waals surface area (Å²) in [5, 5.41) is 0.749. The van der Waals surface area contributed by atoms with Crippen LogP contribution < -0.4 is 0 Å². The van der Waals surface area contributed by atoms with Crippen LogP contribution >= 0.6 is 11.8 Å². The summed E-state index contributed by atoms with van der Waals surface area (Å²) in [6.07, 6.45) is 2.77. The fourth-order valence-electron chi connectivity index (χ4n) is 3.89. The summed E-state index contributed by atoms with van der Waals surface area (Å²) in [7, 11) is 0. The molecule has 0 radical (unpaired) electrons. The fourth-order valence-corrected chi connectivity index (χ4v) is 4.50. The number of nitrogens with zero attached hydrogens (tertiary/aromatic N) is 3. The Morgan fingerprint density at radius 1 is 1.22 bits per heavy atom. The second-order valence-electron chi connectivity index (χ2n) is 9.28. The maximum absolute atomic E-state index is 13.5. The van der Waals surface area contributed by atoms with E-state index in [0.29, 0.717) is 31.9 Å². The molecule has 2 fully saturated rings. The average Bonchev–Trinajstić information content (AvgIpc) is 2.97. The predicted molar refractivity (Wildman–Crippen MR) is 106 cm³/mol. The van der Waals surface area contributed by atoms with E-state index in [-0.39, 0.29) is 11.3 Å². The third-order valence-electron chi connectivity index (χ3n) is 5.03. The number of aryl methyl sites for hydroxylation is 1. The molecule has 7 heteroatoms. The molecule has 150 valence electrons. The largest absolute Gasteiger partial charge is 0.378 e. The molecule has 1 spiro atoms. The van der Waals surface area contributed by atoms with Gasteiger partial charge in [0, 0.05) is 25.0 Å². The molecule has 6 nitrogen and oxygen atoms in total. The number of rotatable bonds is 2. The molecular weight excluding hydrogens is 362 g/mol. The Morgan fingerprint density at radius 2 is 1.93 bits per heavy atom. The average molecular weight is 394 g/mol. The zero-order valence-corrected chi connectivity index (χ0v) is 18.3. The first-order valence-corrected chi connectivity index (χ1v) is 10.7. The van der Waals surface area contributed by atoms with E-state index in [4.69, 9.17) is 14.5 Å². The van der Waals surface area contributed by atoms with E-state index in [0.717, 1.165) is 23.0 Å². The van der Waals surface area contributed by atoms with Crippen LogP contribution in [0.1, 0.15) is 62.9 Å². The molecule has 0 aromatic carbocycles. The monoisotopic (exact) mass is 393 g/mol. The summed E-state index contributed by atoms with van der Waals surface area (Å²) >= 11 is 1.50. The first-order valence-electron chi connectivity index (χ1n) is 9.47. The number of amides is 1. The number of carbonyl (C=O) groups is 1. The first-order chi connectivity index (χ1) is 12.5. The maximum Gasteiger partial charge on any atom is 0.258 e. The van der Waals surface area contributed by atoms with Crippen LogP contribution in [-0.2, 0) is 14.9 Å². The highest BCUT2D eigenvalue weighted by Crippen LogP contribution is 2.36. The quantitative estimate of drug-likeness (QED) is 0.568. The van der Waals surface area contributed by atoms with Gasteiger partial charge in [0.1, 0.15) is 16.5 Å². The summed E-state index contributed by atoms with van der Waals surface area (Å²) in [4.78, 5) is 24.8. The topological polar surface area (TPSA) is 64.6 Å². The van der Waals surface area contributed by atoms with Crippen LogP contribution in [0.2, 0.25) is 0 Å². The van der Waals surface area contributed by atoms with Crippen molar-refractivity contribution in [1.82, 2.24) is 14.9 Å². The highest BCUT2D eigenvalue weighted by atomic mass is 32.2. The van der Waals surface area contributed by atoms with Crippen LogP contribution in [0.25, 0.3) is 0 Å². The van der Waals surface area contributed by atoms with E-state index in [1.807, 2.05) is 31.9 Å². The summed E-state index contributed by atoms with van der Waals surface area (Å²) in [5.41, 5.74) is 0.369. The Morgan fingerprint density at radius 3 is 2.48 bits per heavy atom. The van der Waals surface area contributed by atoms with Gasteiger partial charge in [0.15, 0.2) is 0 Å². The lowest BCUT2D eigenvalue weighted by molar-refractivity contribution is -0.186. The highest BCUT2D eigenvalue weighted by molar-refractivity contribution is 7.98. The number of morpholine rings is 1. The van der Waals surface area contributed by atoms with Crippen molar-refractivity contribution in [3.05, 3.63) is 17.1 Å². The van der Waals surface area contributed by atoms with E-state index in [1.54, 1.807) is 0 Å². The van der Waals surface area contributed by atoms with Gasteiger partial charge in [-0.25, -0.2) is 9.97 Å². The summed E-state index contributed by atoms with van der Waals surface area (Å²) in [6, 6.07) is 0. The Kier molecular flexibility index (Phi) is 5.34. The van der Waals surface area contributed by atoms with Crippen LogP contribution in [0.15, 0.2) is 5.03 Å². The van der Waals surface area contributed by atoms with Gasteiger partial charge in [-0.2, -0.15) is 0 Å². The van der Waals surface area contributed by atoms with E-state index in [2.05, 4.69) is 25.8 Å². The molecule has 27 heavy (non-hydrogen) atoms. The van der Waals surface area contributed by atoms with Gasteiger partial charge in [0.2, 0.25) is 0 Å². The predicted octanol–water partition coefficient (Wildman–Crippen LogP) is 3.21. The summed E-state index contributed by atoms with van der Waals surface area (Å²) < 4.78 is 11.9. The van der Waals surface area contributed by atoms with E-state index in [9.17, 15) is 4.79 Å². The molecule has 1 aromatic heterocycles. The Bertz CT molecular complexity index is 737. The fraction of sp³-hybridized carbons (Fsp3) is 0.750. The Balaban J connectivity index is 1.97. The van der Waals surface area contributed by atoms with Gasteiger partial charge in [0.05, 0.1) is 30.0 Å². The molecule has 2 aliphatic rings. The van der Waals surface area contributed by atoms with Crippen molar-refractivity contribution >= 4 is 17.7 Å². The Labute approximate surface area is 166 Å². The molecular formula is C20H31N3O3S. The smallest absolute Gasteiger partial charge is 0.258 e. The van der Waals surface area contributed by atoms with Gasteiger partial charge in [-0.05, 0) is 27.0 Å². The molecule has 2 saturated heterocycles. The number of thioether (sulfide) groups is 1. The van der Waals surface area contributed by atoms with Crippen molar-refractivity contribution < 1.29 is 14.3 Å². The minimum absolute atomic E-state index is 0.0139. The van der Waals surface area contributed by atoms with Crippen molar-refractivity contribution in [3.8, 4) is 0 Å². The second-order valence-corrected chi connectivity index (χ2v) is 10.1. The molecule has 1 atom stereocenters. The van der Waals surface area contributed by atoms with Crippen LogP contribution in [-0.4, -0.2) is 64.5 Å². The summed E-state index contributed by atoms with van der Waals surface area (Å²) in [5.74, 6) is 0.754. The maximum atomic E-state index is 13.5. The minimum Gasteiger partial charge on any atom is -0.378 e. The van der Waals surface area contributed by atoms with Crippen LogP contribution in [0.3, 0.4) is 0 Å². The number of carbonyl (C=O) groups excluding carboxylic acids is 1. The van der Waals surface area contributed by atoms with Crippen LogP contribution in [0.4, 0.5) is 0 Å². The van der Waals surface area contributed by atoms with Gasteiger partial charge >= 0.3 is 0 Å². The summed E-state index contributed by atoms with van der Waals surface area (Å²) in [6.45, 7) is 14.5. The van der Waals surface area contributed by atoms with E-state index >= 15 is 0 Å². The lowest BCUT2D eigenvalue weighted by Crippen LogP contribution is -2.61. The number of hydrogen-bond donors (Lipinski definition) is 0. The molecule has 1 unspecified atom stereocenters. The highest BCUT2D eigenvalue weighted by Gasteiger charge is 2.48. The van der Waals surface area contributed by atoms with Crippen LogP contribution in [0.5, 0.6) is 0 Å². The van der Waals surface area contributed by atoms with Crippen molar-refractivity contribution in [3.63, 3.8) is 0 Å². The molecule has 1 aromatic rings. The lowest BCUT2D eigenvalue weighted by atomic mass is 9.94. The molecule has 2 aliphatic heterocycles. The standard InChI is InChI=1S/C20H31N3O3S/c1-13-14(15(27-7)22-17(21-13)18(2,3)4)16(24)23-10-19(5,6)26-20(11-23)8-9-25-12-20/h8-12H2,1-7H3. The third kappa shape index (κ3) is 4.15. The van der Waals surface area contributed by atoms with Gasteiger partial charge in [-0.15, -0.1) is 11.8 Å². The number of hydrogen-bond acceptors (Lipinski definition) is 6.